The van der Waals surface area contributed by atoms with Crippen LogP contribution >= 0.6 is 0 Å². The maximum absolute atomic E-state index is 13.0. The Morgan fingerprint density at radius 2 is 1.94 bits per heavy atom. The number of nitro groups is 1. The van der Waals surface area contributed by atoms with Crippen LogP contribution in [0.5, 0.6) is 0 Å². The fourth-order valence-corrected chi connectivity index (χ4v) is 4.68. The van der Waals surface area contributed by atoms with Crippen LogP contribution < -0.4 is 21.1 Å². The molecule has 2 aliphatic rings. The number of nitrogens with one attached hydrogen (secondary N) is 3. The molecule has 2 aliphatic heterocycles. The second-order valence-electron chi connectivity index (χ2n) is 9.06. The first-order valence-corrected chi connectivity index (χ1v) is 10.9. The van der Waals surface area contributed by atoms with Gasteiger partial charge in [0.05, 0.1) is 16.4 Å². The molecule has 11 heteroatoms. The van der Waals surface area contributed by atoms with Crippen LogP contribution in [0.1, 0.15) is 43.7 Å². The van der Waals surface area contributed by atoms with E-state index in [4.69, 9.17) is 0 Å². The van der Waals surface area contributed by atoms with Gasteiger partial charge in [-0.2, -0.15) is 4.98 Å². The van der Waals surface area contributed by atoms with Crippen molar-refractivity contribution >= 4 is 35.0 Å². The summed E-state index contributed by atoms with van der Waals surface area (Å²) in [5.41, 5.74) is 0.118. The fraction of sp³-hybridized carbons (Fsp3) is 0.455. The molecule has 2 aromatic rings. The molecule has 0 bridgehead atoms. The highest BCUT2D eigenvalue weighted by Crippen LogP contribution is 2.32. The van der Waals surface area contributed by atoms with E-state index >= 15 is 0 Å². The number of fused-ring (bicyclic) bond motifs is 1. The van der Waals surface area contributed by atoms with Crippen molar-refractivity contribution < 1.29 is 14.5 Å². The first kappa shape index (κ1) is 22.4. The summed E-state index contributed by atoms with van der Waals surface area (Å²) < 4.78 is 0. The number of amides is 2. The molecule has 0 spiro atoms. The molecule has 4 rings (SSSR count). The Hall–Kier alpha value is -3.76. The van der Waals surface area contributed by atoms with Crippen LogP contribution in [-0.2, 0) is 9.59 Å². The quantitative estimate of drug-likeness (QED) is 0.474. The molecule has 174 valence electrons. The first-order valence-electron chi connectivity index (χ1n) is 10.9. The van der Waals surface area contributed by atoms with Gasteiger partial charge in [0, 0.05) is 36.8 Å². The highest BCUT2D eigenvalue weighted by molar-refractivity contribution is 6.04. The summed E-state index contributed by atoms with van der Waals surface area (Å²) in [7, 11) is 0. The zero-order valence-corrected chi connectivity index (χ0v) is 18.7. The molecular weight excluding hydrogens is 428 g/mol. The van der Waals surface area contributed by atoms with Crippen molar-refractivity contribution in [3.63, 3.8) is 0 Å². The lowest BCUT2D eigenvalue weighted by Crippen LogP contribution is -2.42. The summed E-state index contributed by atoms with van der Waals surface area (Å²) in [4.78, 5) is 58.3. The molecule has 2 amide bonds. The van der Waals surface area contributed by atoms with Gasteiger partial charge in [-0.25, -0.2) is 0 Å². The number of aromatic amines is 1. The van der Waals surface area contributed by atoms with E-state index in [0.717, 1.165) is 19.5 Å². The Morgan fingerprint density at radius 3 is 2.61 bits per heavy atom. The van der Waals surface area contributed by atoms with Gasteiger partial charge < -0.3 is 15.5 Å². The van der Waals surface area contributed by atoms with E-state index in [-0.39, 0.29) is 29.2 Å². The van der Waals surface area contributed by atoms with Crippen molar-refractivity contribution in [1.82, 2.24) is 9.97 Å². The molecule has 3 N–H and O–H groups in total. The third-order valence-electron chi connectivity index (χ3n) is 6.10. The number of anilines is 3. The summed E-state index contributed by atoms with van der Waals surface area (Å²) >= 11 is 0. The standard InChI is InChI=1S/C22H26N6O5/c1-11-6-12(2)10-27(9-11)22-25-19-18(21(31)26-22)15(8-17(29)24-19)20(30)23-14-5-4-13(3)16(7-14)28(32)33/h4-5,7,11-12,15H,6,8-10H2,1-3H3,(H,23,30)(H2,24,25,26,29,31)/t11-,12+,15-/m0/s1. The van der Waals surface area contributed by atoms with Gasteiger partial charge in [-0.15, -0.1) is 0 Å². The second-order valence-corrected chi connectivity index (χ2v) is 9.06. The number of aromatic nitrogens is 2. The molecule has 0 unspecified atom stereocenters. The Morgan fingerprint density at radius 1 is 1.24 bits per heavy atom. The van der Waals surface area contributed by atoms with Crippen LogP contribution in [0, 0.1) is 28.9 Å². The fourth-order valence-electron chi connectivity index (χ4n) is 4.68. The molecule has 1 aromatic heterocycles. The summed E-state index contributed by atoms with van der Waals surface area (Å²) in [6.45, 7) is 7.33. The van der Waals surface area contributed by atoms with Crippen molar-refractivity contribution in [1.29, 1.82) is 0 Å². The van der Waals surface area contributed by atoms with Gasteiger partial charge in [0.2, 0.25) is 17.8 Å². The molecule has 3 heterocycles. The number of rotatable bonds is 4. The van der Waals surface area contributed by atoms with Gasteiger partial charge in [0.1, 0.15) is 5.82 Å². The maximum Gasteiger partial charge on any atom is 0.274 e. The van der Waals surface area contributed by atoms with E-state index in [0.29, 0.717) is 23.3 Å². The number of benzene rings is 1. The van der Waals surface area contributed by atoms with Gasteiger partial charge in [0.25, 0.3) is 11.2 Å². The molecule has 3 atom stereocenters. The molecular formula is C22H26N6O5. The average Bonchev–Trinajstić information content (AvgIpc) is 2.73. The van der Waals surface area contributed by atoms with E-state index in [2.05, 4.69) is 34.4 Å². The zero-order chi connectivity index (χ0) is 23.9. The van der Waals surface area contributed by atoms with Crippen molar-refractivity contribution in [3.8, 4) is 0 Å². The smallest absolute Gasteiger partial charge is 0.274 e. The topological polar surface area (TPSA) is 150 Å². The second kappa shape index (κ2) is 8.64. The van der Waals surface area contributed by atoms with Crippen molar-refractivity contribution in [3.05, 3.63) is 49.8 Å². The number of H-pyrrole nitrogens is 1. The van der Waals surface area contributed by atoms with Gasteiger partial charge in [-0.05, 0) is 31.2 Å². The zero-order valence-electron chi connectivity index (χ0n) is 18.7. The third-order valence-corrected chi connectivity index (χ3v) is 6.10. The van der Waals surface area contributed by atoms with Gasteiger partial charge in [-0.1, -0.05) is 19.9 Å². The number of nitrogens with zero attached hydrogens (tertiary/aromatic N) is 3. The molecule has 0 saturated carbocycles. The molecule has 33 heavy (non-hydrogen) atoms. The van der Waals surface area contributed by atoms with Crippen LogP contribution in [0.2, 0.25) is 0 Å². The minimum atomic E-state index is -1.07. The average molecular weight is 454 g/mol. The Bertz CT molecular complexity index is 1180. The third kappa shape index (κ3) is 4.57. The normalized spacial score (nSPS) is 22.3. The number of piperidine rings is 1. The number of aryl methyl sites for hydroxylation is 1. The lowest BCUT2D eigenvalue weighted by atomic mass is 9.91. The molecule has 1 saturated heterocycles. The van der Waals surface area contributed by atoms with Crippen molar-refractivity contribution in [2.75, 3.05) is 28.6 Å². The van der Waals surface area contributed by atoms with Crippen LogP contribution in [-0.4, -0.2) is 39.8 Å². The van der Waals surface area contributed by atoms with Gasteiger partial charge >= 0.3 is 0 Å². The highest BCUT2D eigenvalue weighted by atomic mass is 16.6. The number of carbonyl (C=O) groups is 2. The lowest BCUT2D eigenvalue weighted by molar-refractivity contribution is -0.385. The largest absolute Gasteiger partial charge is 0.342 e. The number of nitro benzene ring substituents is 1. The monoisotopic (exact) mass is 454 g/mol. The Balaban J connectivity index is 1.64. The predicted molar refractivity (Wildman–Crippen MR) is 122 cm³/mol. The van der Waals surface area contributed by atoms with Crippen LogP contribution in [0.15, 0.2) is 23.0 Å². The van der Waals surface area contributed by atoms with Crippen LogP contribution in [0.3, 0.4) is 0 Å². The van der Waals surface area contributed by atoms with Crippen LogP contribution in [0.4, 0.5) is 23.1 Å². The predicted octanol–water partition coefficient (Wildman–Crippen LogP) is 2.53. The number of hydrogen-bond donors (Lipinski definition) is 3. The minimum Gasteiger partial charge on any atom is -0.342 e. The molecule has 1 fully saturated rings. The molecule has 1 aromatic carbocycles. The van der Waals surface area contributed by atoms with Crippen molar-refractivity contribution in [2.24, 2.45) is 11.8 Å². The molecule has 0 aliphatic carbocycles. The highest BCUT2D eigenvalue weighted by Gasteiger charge is 2.36. The lowest BCUT2D eigenvalue weighted by Gasteiger charge is -2.35. The summed E-state index contributed by atoms with van der Waals surface area (Å²) in [5, 5.41) is 16.4. The minimum absolute atomic E-state index is 0.0749. The molecule has 0 radical (unpaired) electrons. The van der Waals surface area contributed by atoms with Gasteiger partial charge in [-0.3, -0.25) is 29.5 Å². The summed E-state index contributed by atoms with van der Waals surface area (Å²) in [6.07, 6.45) is 0.858. The van der Waals surface area contributed by atoms with Crippen LogP contribution in [0.25, 0.3) is 0 Å². The first-order chi connectivity index (χ1) is 15.6. The van der Waals surface area contributed by atoms with E-state index in [1.54, 1.807) is 6.92 Å². The SMILES string of the molecule is Cc1ccc(NC(=O)[C@H]2CC(=O)Nc3nc(N4C[C@H](C)C[C@H](C)C4)[nH]c(=O)c32)cc1[N+](=O)[O-]. The maximum atomic E-state index is 13.0. The summed E-state index contributed by atoms with van der Waals surface area (Å²) in [6, 6.07) is 4.31. The van der Waals surface area contributed by atoms with E-state index in [9.17, 15) is 24.5 Å². The van der Waals surface area contributed by atoms with E-state index < -0.39 is 28.2 Å². The number of hydrogen-bond acceptors (Lipinski definition) is 7. The number of carbonyl (C=O) groups excluding carboxylic acids is 2. The van der Waals surface area contributed by atoms with E-state index in [1.165, 1.54) is 18.2 Å². The molecule has 11 nitrogen and oxygen atoms in total. The Kier molecular flexibility index (Phi) is 5.88. The van der Waals surface area contributed by atoms with Gasteiger partial charge in [0.15, 0.2) is 0 Å². The Labute approximate surface area is 189 Å². The van der Waals surface area contributed by atoms with E-state index in [1.807, 2.05) is 4.90 Å². The van der Waals surface area contributed by atoms with Crippen molar-refractivity contribution in [2.45, 2.75) is 39.5 Å². The summed E-state index contributed by atoms with van der Waals surface area (Å²) in [5.74, 6) is -0.799.